The number of hydrogen-bond donors (Lipinski definition) is 1. The molecule has 1 aromatic carbocycles. The van der Waals surface area contributed by atoms with Gasteiger partial charge >= 0.3 is 0 Å². The molecule has 1 aliphatic heterocycles. The first-order chi connectivity index (χ1) is 14.2. The van der Waals surface area contributed by atoms with Crippen molar-refractivity contribution in [2.24, 2.45) is 0 Å². The molecular weight excluding hydrogens is 384 g/mol. The van der Waals surface area contributed by atoms with Crippen molar-refractivity contribution in [3.8, 4) is 0 Å². The lowest BCUT2D eigenvalue weighted by Gasteiger charge is -2.44. The Hall–Kier alpha value is -2.18. The van der Waals surface area contributed by atoms with Gasteiger partial charge in [0.25, 0.3) is 5.91 Å². The van der Waals surface area contributed by atoms with Gasteiger partial charge in [0.15, 0.2) is 0 Å². The summed E-state index contributed by atoms with van der Waals surface area (Å²) < 4.78 is 5.10. The summed E-state index contributed by atoms with van der Waals surface area (Å²) in [6, 6.07) is 11.6. The Kier molecular flexibility index (Phi) is 6.31. The average Bonchev–Trinajstić information content (AvgIpc) is 3.45. The maximum absolute atomic E-state index is 13.6. The quantitative estimate of drug-likeness (QED) is 0.696. The summed E-state index contributed by atoms with van der Waals surface area (Å²) in [6.45, 7) is 1.18. The van der Waals surface area contributed by atoms with Gasteiger partial charge in [-0.25, -0.2) is 0 Å². The van der Waals surface area contributed by atoms with Crippen LogP contribution >= 0.6 is 11.3 Å². The standard InChI is InChI=1S/C23H28N2O3S/c1-28-14-7-13-24-22(26)20-17-10-4-5-11-18(17)23(27)25(16-8-2-3-9-16)21(20)19-12-6-15-29-19/h4-6,10-12,15-16,20-21H,2-3,7-9,13-14H2,1H3,(H,24,26)/t20-,21-/m0/s1. The monoisotopic (exact) mass is 412 g/mol. The topological polar surface area (TPSA) is 58.6 Å². The molecule has 2 atom stereocenters. The van der Waals surface area contributed by atoms with E-state index >= 15 is 0 Å². The second-order valence-corrected chi connectivity index (χ2v) is 8.79. The fourth-order valence-corrected chi connectivity index (χ4v) is 5.58. The lowest BCUT2D eigenvalue weighted by Crippen LogP contribution is -2.50. The van der Waals surface area contributed by atoms with Crippen LogP contribution < -0.4 is 5.32 Å². The van der Waals surface area contributed by atoms with Crippen LogP contribution in [0.2, 0.25) is 0 Å². The lowest BCUT2D eigenvalue weighted by molar-refractivity contribution is -0.124. The molecule has 0 spiro atoms. The summed E-state index contributed by atoms with van der Waals surface area (Å²) in [4.78, 5) is 30.1. The third kappa shape index (κ3) is 3.96. The highest BCUT2D eigenvalue weighted by molar-refractivity contribution is 7.10. The first-order valence-electron chi connectivity index (χ1n) is 10.4. The summed E-state index contributed by atoms with van der Waals surface area (Å²) in [5, 5.41) is 5.12. The molecule has 6 heteroatoms. The molecule has 2 aromatic rings. The summed E-state index contributed by atoms with van der Waals surface area (Å²) in [6.07, 6.45) is 5.07. The van der Waals surface area contributed by atoms with Crippen LogP contribution in [0.15, 0.2) is 41.8 Å². The van der Waals surface area contributed by atoms with Crippen LogP contribution in [-0.4, -0.2) is 43.0 Å². The van der Waals surface area contributed by atoms with Crippen molar-refractivity contribution in [1.82, 2.24) is 10.2 Å². The molecule has 1 saturated carbocycles. The third-order valence-corrected chi connectivity index (χ3v) is 6.98. The Labute approximate surface area is 176 Å². The second-order valence-electron chi connectivity index (χ2n) is 7.81. The summed E-state index contributed by atoms with van der Waals surface area (Å²) in [7, 11) is 1.66. The zero-order valence-corrected chi connectivity index (χ0v) is 17.6. The molecule has 2 amide bonds. The molecule has 29 heavy (non-hydrogen) atoms. The molecule has 5 nitrogen and oxygen atoms in total. The van der Waals surface area contributed by atoms with Gasteiger partial charge in [0.05, 0.1) is 12.0 Å². The minimum atomic E-state index is -0.398. The molecule has 1 aliphatic carbocycles. The number of rotatable bonds is 7. The number of thiophene rings is 1. The number of carbonyl (C=O) groups excluding carboxylic acids is 2. The van der Waals surface area contributed by atoms with Crippen LogP contribution in [0.1, 0.15) is 64.9 Å². The van der Waals surface area contributed by atoms with Crippen LogP contribution in [-0.2, 0) is 9.53 Å². The first kappa shape index (κ1) is 20.1. The molecule has 2 heterocycles. The number of nitrogens with one attached hydrogen (secondary N) is 1. The van der Waals surface area contributed by atoms with Crippen LogP contribution in [0.4, 0.5) is 0 Å². The van der Waals surface area contributed by atoms with Crippen molar-refractivity contribution in [2.45, 2.75) is 50.1 Å². The van der Waals surface area contributed by atoms with E-state index in [0.29, 0.717) is 18.7 Å². The van der Waals surface area contributed by atoms with Crippen LogP contribution in [0.5, 0.6) is 0 Å². The molecule has 2 aliphatic rings. The van der Waals surface area contributed by atoms with E-state index in [-0.39, 0.29) is 23.9 Å². The van der Waals surface area contributed by atoms with Gasteiger partial charge in [0.1, 0.15) is 0 Å². The van der Waals surface area contributed by atoms with E-state index in [9.17, 15) is 9.59 Å². The van der Waals surface area contributed by atoms with Gasteiger partial charge in [0, 0.05) is 36.7 Å². The van der Waals surface area contributed by atoms with E-state index in [1.807, 2.05) is 40.6 Å². The predicted molar refractivity (Wildman–Crippen MR) is 114 cm³/mol. The smallest absolute Gasteiger partial charge is 0.254 e. The molecule has 1 N–H and O–H groups in total. The van der Waals surface area contributed by atoms with Gasteiger partial charge in [-0.2, -0.15) is 0 Å². The number of methoxy groups -OCH3 is 1. The minimum Gasteiger partial charge on any atom is -0.385 e. The van der Waals surface area contributed by atoms with Gasteiger partial charge in [0.2, 0.25) is 5.91 Å². The summed E-state index contributed by atoms with van der Waals surface area (Å²) in [5.41, 5.74) is 1.51. The van der Waals surface area contributed by atoms with Gasteiger partial charge in [-0.15, -0.1) is 11.3 Å². The Morgan fingerprint density at radius 3 is 2.72 bits per heavy atom. The molecule has 1 aromatic heterocycles. The predicted octanol–water partition coefficient (Wildman–Crippen LogP) is 4.12. The largest absolute Gasteiger partial charge is 0.385 e. The van der Waals surface area contributed by atoms with Crippen molar-refractivity contribution in [3.05, 3.63) is 57.8 Å². The second kappa shape index (κ2) is 9.09. The normalized spacial score (nSPS) is 22.0. The number of carbonyl (C=O) groups is 2. The van der Waals surface area contributed by atoms with Crippen molar-refractivity contribution in [1.29, 1.82) is 0 Å². The fraction of sp³-hybridized carbons (Fsp3) is 0.478. The van der Waals surface area contributed by atoms with Gasteiger partial charge in [-0.05, 0) is 42.3 Å². The van der Waals surface area contributed by atoms with Gasteiger partial charge < -0.3 is 15.0 Å². The van der Waals surface area contributed by atoms with Crippen LogP contribution in [0.25, 0.3) is 0 Å². The molecule has 154 valence electrons. The fourth-order valence-electron chi connectivity index (χ4n) is 4.72. The summed E-state index contributed by atoms with van der Waals surface area (Å²) in [5.74, 6) is -0.345. The number of amides is 2. The molecule has 4 rings (SSSR count). The maximum atomic E-state index is 13.6. The van der Waals surface area contributed by atoms with Crippen molar-refractivity contribution in [2.75, 3.05) is 20.3 Å². The SMILES string of the molecule is COCCCNC(=O)[C@H]1c2ccccc2C(=O)N(C2CCCC2)[C@H]1c1cccs1. The lowest BCUT2D eigenvalue weighted by atomic mass is 9.80. The van der Waals surface area contributed by atoms with Crippen LogP contribution in [0.3, 0.4) is 0 Å². The van der Waals surface area contributed by atoms with E-state index in [2.05, 4.69) is 11.4 Å². The molecular formula is C23H28N2O3S. The Balaban J connectivity index is 1.74. The number of fused-ring (bicyclic) bond motifs is 1. The number of nitrogens with zero attached hydrogens (tertiary/aromatic N) is 1. The van der Waals surface area contributed by atoms with Crippen molar-refractivity contribution in [3.63, 3.8) is 0 Å². The Bertz CT molecular complexity index is 846. The zero-order valence-electron chi connectivity index (χ0n) is 16.8. The first-order valence-corrected chi connectivity index (χ1v) is 11.3. The number of hydrogen-bond acceptors (Lipinski definition) is 4. The van der Waals surface area contributed by atoms with Crippen LogP contribution in [0, 0.1) is 0 Å². The molecule has 1 fully saturated rings. The highest BCUT2D eigenvalue weighted by atomic mass is 32.1. The van der Waals surface area contributed by atoms with Crippen molar-refractivity contribution >= 4 is 23.2 Å². The zero-order chi connectivity index (χ0) is 20.2. The van der Waals surface area contributed by atoms with E-state index in [4.69, 9.17) is 4.74 Å². The summed E-state index contributed by atoms with van der Waals surface area (Å²) >= 11 is 1.63. The minimum absolute atomic E-state index is 0.0116. The molecule has 0 unspecified atom stereocenters. The Morgan fingerprint density at radius 1 is 1.21 bits per heavy atom. The van der Waals surface area contributed by atoms with E-state index in [1.54, 1.807) is 18.4 Å². The number of benzene rings is 1. The van der Waals surface area contributed by atoms with Gasteiger partial charge in [-0.3, -0.25) is 9.59 Å². The van der Waals surface area contributed by atoms with Crippen molar-refractivity contribution < 1.29 is 14.3 Å². The highest BCUT2D eigenvalue weighted by Crippen LogP contribution is 2.47. The van der Waals surface area contributed by atoms with E-state index in [0.717, 1.165) is 42.5 Å². The average molecular weight is 413 g/mol. The van der Waals surface area contributed by atoms with E-state index < -0.39 is 5.92 Å². The Morgan fingerprint density at radius 2 is 2.00 bits per heavy atom. The maximum Gasteiger partial charge on any atom is 0.254 e. The third-order valence-electron chi connectivity index (χ3n) is 6.04. The molecule has 0 bridgehead atoms. The number of ether oxygens (including phenoxy) is 1. The molecule has 0 saturated heterocycles. The highest BCUT2D eigenvalue weighted by Gasteiger charge is 2.47. The van der Waals surface area contributed by atoms with E-state index in [1.165, 1.54) is 0 Å². The van der Waals surface area contributed by atoms with Gasteiger partial charge in [-0.1, -0.05) is 37.1 Å². The molecule has 0 radical (unpaired) electrons.